The van der Waals surface area contributed by atoms with Crippen molar-refractivity contribution >= 4 is 5.69 Å². The predicted molar refractivity (Wildman–Crippen MR) is 110 cm³/mol. The highest BCUT2D eigenvalue weighted by Crippen LogP contribution is 2.30. The maximum atomic E-state index is 11.2. The minimum atomic E-state index is -0.375. The molecule has 3 rings (SSSR count). The van der Waals surface area contributed by atoms with Gasteiger partial charge in [0, 0.05) is 6.07 Å². The lowest BCUT2D eigenvalue weighted by molar-refractivity contribution is -0.384. The molecule has 0 heterocycles. The summed E-state index contributed by atoms with van der Waals surface area (Å²) in [7, 11) is 0. The molecule has 0 N–H and O–H groups in total. The van der Waals surface area contributed by atoms with Crippen molar-refractivity contribution in [3.8, 4) is 22.6 Å². The van der Waals surface area contributed by atoms with E-state index in [0.717, 1.165) is 17.7 Å². The van der Waals surface area contributed by atoms with Crippen molar-refractivity contribution < 1.29 is 14.4 Å². The SMILES string of the molecule is CCC(C)c1ccc(OCOc2ccc(-c3ccccc3[N+](=O)[O-])cc2)cc1. The molecule has 0 saturated carbocycles. The highest BCUT2D eigenvalue weighted by atomic mass is 16.7. The Labute approximate surface area is 164 Å². The largest absolute Gasteiger partial charge is 0.458 e. The molecule has 0 aliphatic heterocycles. The third-order valence-electron chi connectivity index (χ3n) is 4.78. The Bertz CT molecular complexity index is 920. The zero-order valence-corrected chi connectivity index (χ0v) is 16.0. The van der Waals surface area contributed by atoms with Crippen LogP contribution in [0.2, 0.25) is 0 Å². The molecule has 3 aromatic rings. The van der Waals surface area contributed by atoms with Crippen molar-refractivity contribution in [3.63, 3.8) is 0 Å². The molecule has 0 aliphatic carbocycles. The lowest BCUT2D eigenvalue weighted by Crippen LogP contribution is -2.05. The molecule has 144 valence electrons. The summed E-state index contributed by atoms with van der Waals surface area (Å²) >= 11 is 0. The number of rotatable bonds is 8. The first-order chi connectivity index (χ1) is 13.6. The van der Waals surface area contributed by atoms with Crippen molar-refractivity contribution in [2.75, 3.05) is 6.79 Å². The molecular weight excluding hydrogens is 354 g/mol. The van der Waals surface area contributed by atoms with Crippen LogP contribution in [-0.2, 0) is 0 Å². The van der Waals surface area contributed by atoms with Crippen LogP contribution < -0.4 is 9.47 Å². The van der Waals surface area contributed by atoms with Crippen molar-refractivity contribution in [1.82, 2.24) is 0 Å². The predicted octanol–water partition coefficient (Wildman–Crippen LogP) is 6.19. The summed E-state index contributed by atoms with van der Waals surface area (Å²) in [6.07, 6.45) is 1.10. The van der Waals surface area contributed by atoms with E-state index in [2.05, 4.69) is 26.0 Å². The molecule has 0 saturated heterocycles. The summed E-state index contributed by atoms with van der Waals surface area (Å²) in [5.74, 6) is 1.92. The number of nitrogens with zero attached hydrogens (tertiary/aromatic N) is 1. The lowest BCUT2D eigenvalue weighted by atomic mass is 9.99. The van der Waals surface area contributed by atoms with E-state index in [9.17, 15) is 10.1 Å². The van der Waals surface area contributed by atoms with Gasteiger partial charge >= 0.3 is 0 Å². The van der Waals surface area contributed by atoms with Crippen LogP contribution in [0.4, 0.5) is 5.69 Å². The Morgan fingerprint density at radius 3 is 2.04 bits per heavy atom. The number of nitro groups is 1. The molecule has 3 aromatic carbocycles. The first-order valence-corrected chi connectivity index (χ1v) is 9.28. The Kier molecular flexibility index (Phi) is 6.27. The van der Waals surface area contributed by atoms with Gasteiger partial charge in [0.2, 0.25) is 6.79 Å². The molecular formula is C23H23NO4. The van der Waals surface area contributed by atoms with E-state index < -0.39 is 0 Å². The monoisotopic (exact) mass is 377 g/mol. The normalized spacial score (nSPS) is 11.6. The average molecular weight is 377 g/mol. The summed E-state index contributed by atoms with van der Waals surface area (Å²) < 4.78 is 11.3. The third kappa shape index (κ3) is 4.68. The molecule has 1 atom stereocenters. The minimum Gasteiger partial charge on any atom is -0.458 e. The molecule has 5 nitrogen and oxygen atoms in total. The van der Waals surface area contributed by atoms with Gasteiger partial charge in [-0.05, 0) is 53.8 Å². The standard InChI is InChI=1S/C23H23NO4/c1-3-17(2)18-8-12-20(13-9-18)27-16-28-21-14-10-19(11-15-21)22-6-4-5-7-23(22)24(25)26/h4-15,17H,3,16H2,1-2H3. The van der Waals surface area contributed by atoms with Crippen LogP contribution in [0.25, 0.3) is 11.1 Å². The van der Waals surface area contributed by atoms with Crippen LogP contribution in [0.5, 0.6) is 11.5 Å². The molecule has 0 aromatic heterocycles. The maximum Gasteiger partial charge on any atom is 0.277 e. The fourth-order valence-corrected chi connectivity index (χ4v) is 2.90. The smallest absolute Gasteiger partial charge is 0.277 e. The molecule has 0 aliphatic rings. The maximum absolute atomic E-state index is 11.2. The van der Waals surface area contributed by atoms with Gasteiger partial charge in [0.15, 0.2) is 0 Å². The van der Waals surface area contributed by atoms with E-state index in [0.29, 0.717) is 17.2 Å². The zero-order chi connectivity index (χ0) is 19.9. The summed E-state index contributed by atoms with van der Waals surface area (Å²) in [6, 6.07) is 21.9. The van der Waals surface area contributed by atoms with Gasteiger partial charge in [-0.2, -0.15) is 0 Å². The number of nitro benzene ring substituents is 1. The topological polar surface area (TPSA) is 61.6 Å². The second-order valence-corrected chi connectivity index (χ2v) is 6.58. The first-order valence-electron chi connectivity index (χ1n) is 9.28. The minimum absolute atomic E-state index is 0.0836. The van der Waals surface area contributed by atoms with Gasteiger partial charge in [-0.1, -0.05) is 50.2 Å². The van der Waals surface area contributed by atoms with Gasteiger partial charge in [0.05, 0.1) is 10.5 Å². The number of benzene rings is 3. The fourth-order valence-electron chi connectivity index (χ4n) is 2.90. The van der Waals surface area contributed by atoms with Crippen molar-refractivity contribution in [3.05, 3.63) is 88.5 Å². The lowest BCUT2D eigenvalue weighted by Gasteiger charge is -2.12. The fraction of sp³-hybridized carbons (Fsp3) is 0.217. The zero-order valence-electron chi connectivity index (χ0n) is 16.0. The molecule has 28 heavy (non-hydrogen) atoms. The quantitative estimate of drug-likeness (QED) is 0.267. The van der Waals surface area contributed by atoms with E-state index in [4.69, 9.17) is 9.47 Å². The van der Waals surface area contributed by atoms with Crippen molar-refractivity contribution in [2.24, 2.45) is 0 Å². The molecule has 0 radical (unpaired) electrons. The van der Waals surface area contributed by atoms with E-state index in [1.807, 2.05) is 12.1 Å². The Hall–Kier alpha value is -3.34. The van der Waals surface area contributed by atoms with Crippen LogP contribution in [0.15, 0.2) is 72.8 Å². The van der Waals surface area contributed by atoms with Gasteiger partial charge in [-0.15, -0.1) is 0 Å². The molecule has 5 heteroatoms. The van der Waals surface area contributed by atoms with E-state index >= 15 is 0 Å². The van der Waals surface area contributed by atoms with Crippen LogP contribution >= 0.6 is 0 Å². The highest BCUT2D eigenvalue weighted by molar-refractivity contribution is 5.73. The van der Waals surface area contributed by atoms with E-state index in [-0.39, 0.29) is 17.4 Å². The Balaban J connectivity index is 1.59. The molecule has 0 fully saturated rings. The first kappa shape index (κ1) is 19.4. The van der Waals surface area contributed by atoms with Gasteiger partial charge < -0.3 is 9.47 Å². The summed E-state index contributed by atoms with van der Waals surface area (Å²) in [5, 5.41) is 11.2. The summed E-state index contributed by atoms with van der Waals surface area (Å²) in [6.45, 7) is 4.46. The number of para-hydroxylation sites is 1. The second-order valence-electron chi connectivity index (χ2n) is 6.58. The van der Waals surface area contributed by atoms with Gasteiger partial charge in [0.1, 0.15) is 11.5 Å². The number of ether oxygens (including phenoxy) is 2. The number of hydrogen-bond acceptors (Lipinski definition) is 4. The van der Waals surface area contributed by atoms with Gasteiger partial charge in [0.25, 0.3) is 5.69 Å². The van der Waals surface area contributed by atoms with Crippen molar-refractivity contribution in [2.45, 2.75) is 26.2 Å². The molecule has 0 amide bonds. The van der Waals surface area contributed by atoms with Crippen LogP contribution in [0, 0.1) is 10.1 Å². The molecule has 0 spiro atoms. The third-order valence-corrected chi connectivity index (χ3v) is 4.78. The van der Waals surface area contributed by atoms with Gasteiger partial charge in [-0.3, -0.25) is 10.1 Å². The second kappa shape index (κ2) is 9.04. The van der Waals surface area contributed by atoms with E-state index in [1.165, 1.54) is 11.6 Å². The molecule has 1 unspecified atom stereocenters. The molecule has 0 bridgehead atoms. The van der Waals surface area contributed by atoms with Crippen molar-refractivity contribution in [1.29, 1.82) is 0 Å². The van der Waals surface area contributed by atoms with Crippen LogP contribution in [-0.4, -0.2) is 11.7 Å². The van der Waals surface area contributed by atoms with Crippen LogP contribution in [0.1, 0.15) is 31.7 Å². The Morgan fingerprint density at radius 1 is 0.893 bits per heavy atom. The Morgan fingerprint density at radius 2 is 1.46 bits per heavy atom. The summed E-state index contributed by atoms with van der Waals surface area (Å²) in [4.78, 5) is 10.8. The van der Waals surface area contributed by atoms with Crippen LogP contribution in [0.3, 0.4) is 0 Å². The average Bonchev–Trinajstić information content (AvgIpc) is 2.74. The van der Waals surface area contributed by atoms with E-state index in [1.54, 1.807) is 42.5 Å². The summed E-state index contributed by atoms with van der Waals surface area (Å²) in [5.41, 5.74) is 2.72. The number of hydrogen-bond donors (Lipinski definition) is 0. The highest BCUT2D eigenvalue weighted by Gasteiger charge is 2.13. The van der Waals surface area contributed by atoms with Gasteiger partial charge in [-0.25, -0.2) is 0 Å².